The summed E-state index contributed by atoms with van der Waals surface area (Å²) in [5, 5.41) is 0. The summed E-state index contributed by atoms with van der Waals surface area (Å²) in [6, 6.07) is 16.6. The molecule has 0 saturated carbocycles. The standard InChI is InChI=1S/C19H16O3/c1-13-11-17(22-19(13)21)12-14-7-9-16(10-8-14)18(20)15-5-3-2-4-6-15/h2-10,17H,1,11-12H2. The van der Waals surface area contributed by atoms with Crippen molar-refractivity contribution in [2.75, 3.05) is 0 Å². The number of carbonyl (C=O) groups is 2. The lowest BCUT2D eigenvalue weighted by Crippen LogP contribution is -2.10. The van der Waals surface area contributed by atoms with E-state index in [0.29, 0.717) is 29.5 Å². The van der Waals surface area contributed by atoms with Gasteiger partial charge in [-0.1, -0.05) is 61.2 Å². The smallest absolute Gasteiger partial charge is 0.333 e. The van der Waals surface area contributed by atoms with Crippen LogP contribution in [0.5, 0.6) is 0 Å². The summed E-state index contributed by atoms with van der Waals surface area (Å²) in [6.07, 6.45) is 1.07. The molecule has 1 aliphatic rings. The molecule has 1 atom stereocenters. The number of cyclic esters (lactones) is 1. The fourth-order valence-corrected chi connectivity index (χ4v) is 2.56. The van der Waals surface area contributed by atoms with Crippen molar-refractivity contribution in [2.45, 2.75) is 18.9 Å². The number of ether oxygens (including phenoxy) is 1. The second kappa shape index (κ2) is 5.98. The van der Waals surface area contributed by atoms with Crippen molar-refractivity contribution in [1.82, 2.24) is 0 Å². The highest BCUT2D eigenvalue weighted by Crippen LogP contribution is 2.22. The molecule has 3 heteroatoms. The number of benzene rings is 2. The first-order chi connectivity index (χ1) is 10.6. The molecule has 2 aromatic rings. The van der Waals surface area contributed by atoms with Gasteiger partial charge in [0.15, 0.2) is 5.78 Å². The Balaban J connectivity index is 1.69. The molecule has 1 aliphatic heterocycles. The van der Waals surface area contributed by atoms with Gasteiger partial charge in [0, 0.05) is 29.5 Å². The molecule has 0 amide bonds. The van der Waals surface area contributed by atoms with E-state index in [9.17, 15) is 9.59 Å². The fourth-order valence-electron chi connectivity index (χ4n) is 2.56. The van der Waals surface area contributed by atoms with Gasteiger partial charge in [-0.25, -0.2) is 4.79 Å². The van der Waals surface area contributed by atoms with E-state index < -0.39 is 0 Å². The van der Waals surface area contributed by atoms with Crippen molar-refractivity contribution in [2.24, 2.45) is 0 Å². The summed E-state index contributed by atoms with van der Waals surface area (Å²) in [7, 11) is 0. The van der Waals surface area contributed by atoms with Crippen LogP contribution in [0.3, 0.4) is 0 Å². The van der Waals surface area contributed by atoms with E-state index in [-0.39, 0.29) is 17.9 Å². The molecule has 22 heavy (non-hydrogen) atoms. The van der Waals surface area contributed by atoms with Gasteiger partial charge in [-0.15, -0.1) is 0 Å². The van der Waals surface area contributed by atoms with Crippen LogP contribution in [-0.2, 0) is 16.0 Å². The van der Waals surface area contributed by atoms with Crippen LogP contribution in [0, 0.1) is 0 Å². The first-order valence-corrected chi connectivity index (χ1v) is 7.21. The second-order valence-corrected chi connectivity index (χ2v) is 5.43. The number of esters is 1. The van der Waals surface area contributed by atoms with E-state index in [0.717, 1.165) is 5.56 Å². The zero-order valence-corrected chi connectivity index (χ0v) is 12.1. The zero-order chi connectivity index (χ0) is 15.5. The zero-order valence-electron chi connectivity index (χ0n) is 12.1. The quantitative estimate of drug-likeness (QED) is 0.493. The van der Waals surface area contributed by atoms with Gasteiger partial charge in [-0.3, -0.25) is 4.79 Å². The molecule has 3 nitrogen and oxygen atoms in total. The van der Waals surface area contributed by atoms with Gasteiger partial charge in [0.25, 0.3) is 0 Å². The predicted octanol–water partition coefficient (Wildman–Crippen LogP) is 3.33. The minimum Gasteiger partial charge on any atom is -0.458 e. The van der Waals surface area contributed by atoms with Crippen LogP contribution in [0.25, 0.3) is 0 Å². The molecule has 1 fully saturated rings. The maximum atomic E-state index is 12.3. The Morgan fingerprint density at radius 1 is 1.05 bits per heavy atom. The van der Waals surface area contributed by atoms with Gasteiger partial charge in [-0.2, -0.15) is 0 Å². The van der Waals surface area contributed by atoms with Crippen molar-refractivity contribution < 1.29 is 14.3 Å². The third-order valence-electron chi connectivity index (χ3n) is 3.75. The minimum absolute atomic E-state index is 0.00724. The van der Waals surface area contributed by atoms with Gasteiger partial charge in [0.1, 0.15) is 6.10 Å². The van der Waals surface area contributed by atoms with Crippen LogP contribution in [0.4, 0.5) is 0 Å². The van der Waals surface area contributed by atoms with Crippen molar-refractivity contribution in [3.05, 3.63) is 83.4 Å². The molecule has 0 aliphatic carbocycles. The van der Waals surface area contributed by atoms with Crippen LogP contribution >= 0.6 is 0 Å². The lowest BCUT2D eigenvalue weighted by molar-refractivity contribution is -0.138. The molecule has 1 unspecified atom stereocenters. The molecule has 0 spiro atoms. The van der Waals surface area contributed by atoms with E-state index in [1.54, 1.807) is 12.1 Å². The number of ketones is 1. The summed E-state index contributed by atoms with van der Waals surface area (Å²) < 4.78 is 5.22. The minimum atomic E-state index is -0.305. The molecular weight excluding hydrogens is 276 g/mol. The van der Waals surface area contributed by atoms with Gasteiger partial charge >= 0.3 is 5.97 Å². The summed E-state index contributed by atoms with van der Waals surface area (Å²) in [5.74, 6) is -0.298. The van der Waals surface area contributed by atoms with E-state index in [1.807, 2.05) is 42.5 Å². The highest BCUT2D eigenvalue weighted by molar-refractivity contribution is 6.08. The average Bonchev–Trinajstić information content (AvgIpc) is 2.86. The largest absolute Gasteiger partial charge is 0.458 e. The first-order valence-electron chi connectivity index (χ1n) is 7.21. The first kappa shape index (κ1) is 14.3. The number of rotatable bonds is 4. The molecule has 110 valence electrons. The Kier molecular flexibility index (Phi) is 3.88. The summed E-state index contributed by atoms with van der Waals surface area (Å²) >= 11 is 0. The lowest BCUT2D eigenvalue weighted by Gasteiger charge is -2.09. The Morgan fingerprint density at radius 2 is 1.68 bits per heavy atom. The normalized spacial score (nSPS) is 17.4. The highest BCUT2D eigenvalue weighted by Gasteiger charge is 2.27. The lowest BCUT2D eigenvalue weighted by atomic mass is 9.99. The molecule has 0 aromatic heterocycles. The van der Waals surface area contributed by atoms with E-state index in [1.165, 1.54) is 0 Å². The van der Waals surface area contributed by atoms with Crippen LogP contribution in [0.15, 0.2) is 66.7 Å². The van der Waals surface area contributed by atoms with E-state index >= 15 is 0 Å². The van der Waals surface area contributed by atoms with Gasteiger partial charge in [0.05, 0.1) is 0 Å². The Labute approximate surface area is 129 Å². The number of hydrogen-bond donors (Lipinski definition) is 0. The summed E-state index contributed by atoms with van der Waals surface area (Å²) in [5.41, 5.74) is 2.90. The maximum absolute atomic E-state index is 12.3. The van der Waals surface area contributed by atoms with Gasteiger partial charge < -0.3 is 4.74 Å². The molecule has 1 heterocycles. The predicted molar refractivity (Wildman–Crippen MR) is 83.7 cm³/mol. The topological polar surface area (TPSA) is 43.4 Å². The fraction of sp³-hybridized carbons (Fsp3) is 0.158. The summed E-state index contributed by atoms with van der Waals surface area (Å²) in [4.78, 5) is 23.6. The van der Waals surface area contributed by atoms with Crippen molar-refractivity contribution in [3.63, 3.8) is 0 Å². The van der Waals surface area contributed by atoms with Crippen LogP contribution in [0.1, 0.15) is 27.9 Å². The molecular formula is C19H16O3. The molecule has 0 bridgehead atoms. The Morgan fingerprint density at radius 3 is 2.27 bits per heavy atom. The number of carbonyl (C=O) groups excluding carboxylic acids is 2. The molecule has 1 saturated heterocycles. The average molecular weight is 292 g/mol. The van der Waals surface area contributed by atoms with Crippen LogP contribution < -0.4 is 0 Å². The number of hydrogen-bond acceptors (Lipinski definition) is 3. The summed E-state index contributed by atoms with van der Waals surface area (Å²) in [6.45, 7) is 3.68. The Bertz CT molecular complexity index is 698. The van der Waals surface area contributed by atoms with E-state index in [2.05, 4.69) is 6.58 Å². The van der Waals surface area contributed by atoms with Crippen molar-refractivity contribution >= 4 is 11.8 Å². The molecule has 3 rings (SSSR count). The van der Waals surface area contributed by atoms with Crippen LogP contribution in [0.2, 0.25) is 0 Å². The maximum Gasteiger partial charge on any atom is 0.333 e. The second-order valence-electron chi connectivity index (χ2n) is 5.43. The van der Waals surface area contributed by atoms with Crippen molar-refractivity contribution in [3.8, 4) is 0 Å². The molecule has 2 aromatic carbocycles. The van der Waals surface area contributed by atoms with Gasteiger partial charge in [-0.05, 0) is 5.56 Å². The van der Waals surface area contributed by atoms with Crippen molar-refractivity contribution in [1.29, 1.82) is 0 Å². The highest BCUT2D eigenvalue weighted by atomic mass is 16.5. The van der Waals surface area contributed by atoms with Gasteiger partial charge in [0.2, 0.25) is 0 Å². The third kappa shape index (κ3) is 2.98. The molecule has 0 N–H and O–H groups in total. The SMILES string of the molecule is C=C1CC(Cc2ccc(C(=O)c3ccccc3)cc2)OC1=O. The monoisotopic (exact) mass is 292 g/mol. The van der Waals surface area contributed by atoms with Crippen LogP contribution in [-0.4, -0.2) is 17.9 Å². The molecule has 0 radical (unpaired) electrons. The Hall–Kier alpha value is -2.68. The van der Waals surface area contributed by atoms with E-state index in [4.69, 9.17) is 4.74 Å². The third-order valence-corrected chi connectivity index (χ3v) is 3.75.